The normalized spacial score (nSPS) is 19.0. The van der Waals surface area contributed by atoms with Gasteiger partial charge in [0, 0.05) is 19.4 Å². The lowest BCUT2D eigenvalue weighted by atomic mass is 10.2. The maximum Gasteiger partial charge on any atom is 0.293 e. The van der Waals surface area contributed by atoms with E-state index in [-0.39, 0.29) is 11.1 Å². The quantitative estimate of drug-likeness (QED) is 0.676. The molecule has 1 fully saturated rings. The van der Waals surface area contributed by atoms with Gasteiger partial charge in [0.05, 0.1) is 4.91 Å². The van der Waals surface area contributed by atoms with Gasteiger partial charge in [0.1, 0.15) is 0 Å². The smallest absolute Gasteiger partial charge is 0.272 e. The standard InChI is InChI=1S/C10H8N2O2S/c1-12-9(13)8(15-10(12)14)5-7-3-2-4-11-6-7/h2-6H,1H3. The van der Waals surface area contributed by atoms with Crippen molar-refractivity contribution in [3.63, 3.8) is 0 Å². The van der Waals surface area contributed by atoms with E-state index >= 15 is 0 Å². The molecule has 0 spiro atoms. The Balaban J connectivity index is 2.30. The monoisotopic (exact) mass is 220 g/mol. The highest BCUT2D eigenvalue weighted by atomic mass is 32.2. The summed E-state index contributed by atoms with van der Waals surface area (Å²) in [5, 5.41) is -0.241. The van der Waals surface area contributed by atoms with Gasteiger partial charge in [-0.05, 0) is 29.5 Å². The summed E-state index contributed by atoms with van der Waals surface area (Å²) in [6.45, 7) is 0. The van der Waals surface area contributed by atoms with E-state index in [1.807, 2.05) is 6.07 Å². The number of hydrogen-bond donors (Lipinski definition) is 0. The molecule has 0 bridgehead atoms. The molecular weight excluding hydrogens is 212 g/mol. The molecule has 1 aromatic heterocycles. The van der Waals surface area contributed by atoms with Crippen LogP contribution in [-0.2, 0) is 4.79 Å². The molecular formula is C10H8N2O2S. The first-order chi connectivity index (χ1) is 7.18. The Morgan fingerprint density at radius 3 is 2.80 bits per heavy atom. The third-order valence-electron chi connectivity index (χ3n) is 1.97. The first-order valence-electron chi connectivity index (χ1n) is 4.30. The number of rotatable bonds is 1. The summed E-state index contributed by atoms with van der Waals surface area (Å²) in [5.41, 5.74) is 0.816. The lowest BCUT2D eigenvalue weighted by Gasteiger charge is -2.00. The van der Waals surface area contributed by atoms with E-state index in [1.54, 1.807) is 24.5 Å². The second-order valence-electron chi connectivity index (χ2n) is 3.03. The van der Waals surface area contributed by atoms with E-state index in [4.69, 9.17) is 0 Å². The SMILES string of the molecule is CN1C(=O)SC(=Cc2cccnc2)C1=O. The minimum absolute atomic E-state index is 0.241. The Hall–Kier alpha value is -1.62. The van der Waals surface area contributed by atoms with Gasteiger partial charge in [-0.25, -0.2) is 0 Å². The van der Waals surface area contributed by atoms with Crippen LogP contribution in [0.2, 0.25) is 0 Å². The van der Waals surface area contributed by atoms with Crippen LogP contribution in [0.3, 0.4) is 0 Å². The van der Waals surface area contributed by atoms with Gasteiger partial charge < -0.3 is 0 Å². The number of hydrogen-bond acceptors (Lipinski definition) is 4. The van der Waals surface area contributed by atoms with Crippen LogP contribution < -0.4 is 0 Å². The minimum atomic E-state index is -0.256. The average molecular weight is 220 g/mol. The Morgan fingerprint density at radius 2 is 2.27 bits per heavy atom. The van der Waals surface area contributed by atoms with Crippen molar-refractivity contribution in [3.05, 3.63) is 35.0 Å². The molecule has 4 nitrogen and oxygen atoms in total. The lowest BCUT2D eigenvalue weighted by Crippen LogP contribution is -2.22. The molecule has 2 heterocycles. The minimum Gasteiger partial charge on any atom is -0.272 e. The van der Waals surface area contributed by atoms with Crippen LogP contribution in [0.4, 0.5) is 4.79 Å². The van der Waals surface area contributed by atoms with Gasteiger partial charge in [0.25, 0.3) is 11.1 Å². The summed E-state index contributed by atoms with van der Waals surface area (Å²) in [6, 6.07) is 3.61. The van der Waals surface area contributed by atoms with E-state index in [0.29, 0.717) is 4.91 Å². The van der Waals surface area contributed by atoms with Gasteiger partial charge in [0.15, 0.2) is 0 Å². The van der Waals surface area contributed by atoms with Gasteiger partial charge in [0.2, 0.25) is 0 Å². The van der Waals surface area contributed by atoms with Gasteiger partial charge in [-0.15, -0.1) is 0 Å². The first-order valence-corrected chi connectivity index (χ1v) is 5.12. The fourth-order valence-corrected chi connectivity index (χ4v) is 1.99. The maximum absolute atomic E-state index is 11.5. The predicted molar refractivity (Wildman–Crippen MR) is 58.0 cm³/mol. The molecule has 0 radical (unpaired) electrons. The number of carbonyl (C=O) groups is 2. The molecule has 2 amide bonds. The zero-order valence-corrected chi connectivity index (χ0v) is 8.82. The molecule has 1 aliphatic heterocycles. The molecule has 1 aromatic rings. The molecule has 0 aromatic carbocycles. The predicted octanol–water partition coefficient (Wildman–Crippen LogP) is 1.75. The molecule has 5 heteroatoms. The average Bonchev–Trinajstić information content (AvgIpc) is 2.48. The van der Waals surface area contributed by atoms with Crippen LogP contribution in [-0.4, -0.2) is 28.1 Å². The molecule has 0 atom stereocenters. The van der Waals surface area contributed by atoms with Crippen molar-refractivity contribution >= 4 is 29.0 Å². The van der Waals surface area contributed by atoms with Crippen molar-refractivity contribution in [2.75, 3.05) is 7.05 Å². The van der Waals surface area contributed by atoms with Crippen LogP contribution in [0.1, 0.15) is 5.56 Å². The number of aromatic nitrogens is 1. The Morgan fingerprint density at radius 1 is 1.47 bits per heavy atom. The molecule has 2 rings (SSSR count). The molecule has 0 N–H and O–H groups in total. The summed E-state index contributed by atoms with van der Waals surface area (Å²) >= 11 is 0.947. The summed E-state index contributed by atoms with van der Waals surface area (Å²) in [6.07, 6.45) is 4.97. The summed E-state index contributed by atoms with van der Waals surface area (Å²) in [5.74, 6) is -0.256. The van der Waals surface area contributed by atoms with Crippen molar-refractivity contribution in [2.24, 2.45) is 0 Å². The molecule has 15 heavy (non-hydrogen) atoms. The van der Waals surface area contributed by atoms with Crippen LogP contribution in [0.25, 0.3) is 6.08 Å². The fraction of sp³-hybridized carbons (Fsp3) is 0.100. The Kier molecular flexibility index (Phi) is 2.55. The van der Waals surface area contributed by atoms with Crippen LogP contribution >= 0.6 is 11.8 Å². The number of amides is 2. The zero-order chi connectivity index (χ0) is 10.8. The molecule has 1 aliphatic rings. The van der Waals surface area contributed by atoms with Crippen molar-refractivity contribution in [1.82, 2.24) is 9.88 Å². The largest absolute Gasteiger partial charge is 0.293 e. The summed E-state index contributed by atoms with van der Waals surface area (Å²) in [7, 11) is 1.47. The molecule has 1 saturated heterocycles. The van der Waals surface area contributed by atoms with Crippen molar-refractivity contribution < 1.29 is 9.59 Å². The van der Waals surface area contributed by atoms with E-state index in [2.05, 4.69) is 4.98 Å². The van der Waals surface area contributed by atoms with Gasteiger partial charge in [-0.3, -0.25) is 19.5 Å². The summed E-state index contributed by atoms with van der Waals surface area (Å²) in [4.78, 5) is 28.2. The molecule has 0 aliphatic carbocycles. The third kappa shape index (κ3) is 1.92. The summed E-state index contributed by atoms with van der Waals surface area (Å²) < 4.78 is 0. The van der Waals surface area contributed by atoms with E-state index in [9.17, 15) is 9.59 Å². The maximum atomic E-state index is 11.5. The number of nitrogens with zero attached hydrogens (tertiary/aromatic N) is 2. The van der Waals surface area contributed by atoms with E-state index in [0.717, 1.165) is 22.2 Å². The first kappa shape index (κ1) is 9.92. The van der Waals surface area contributed by atoms with Crippen molar-refractivity contribution in [2.45, 2.75) is 0 Å². The topological polar surface area (TPSA) is 50.3 Å². The molecule has 0 unspecified atom stereocenters. The van der Waals surface area contributed by atoms with E-state index < -0.39 is 0 Å². The van der Waals surface area contributed by atoms with Crippen LogP contribution in [0, 0.1) is 0 Å². The number of likely N-dealkylation sites (N-methyl/N-ethyl adjacent to an activating group) is 1. The van der Waals surface area contributed by atoms with Crippen molar-refractivity contribution in [1.29, 1.82) is 0 Å². The Labute approximate surface area is 91.0 Å². The number of pyridine rings is 1. The fourth-order valence-electron chi connectivity index (χ4n) is 1.16. The van der Waals surface area contributed by atoms with Gasteiger partial charge in [-0.1, -0.05) is 6.07 Å². The molecule has 76 valence electrons. The highest BCUT2D eigenvalue weighted by molar-refractivity contribution is 8.18. The number of carbonyl (C=O) groups excluding carboxylic acids is 2. The van der Waals surface area contributed by atoms with Gasteiger partial charge >= 0.3 is 0 Å². The second kappa shape index (κ2) is 3.86. The van der Waals surface area contributed by atoms with E-state index in [1.165, 1.54) is 7.05 Å². The highest BCUT2D eigenvalue weighted by Gasteiger charge is 2.31. The highest BCUT2D eigenvalue weighted by Crippen LogP contribution is 2.30. The van der Waals surface area contributed by atoms with Gasteiger partial charge in [-0.2, -0.15) is 0 Å². The second-order valence-corrected chi connectivity index (χ2v) is 4.02. The number of thioether (sulfide) groups is 1. The van der Waals surface area contributed by atoms with Crippen molar-refractivity contribution in [3.8, 4) is 0 Å². The van der Waals surface area contributed by atoms with Crippen LogP contribution in [0.15, 0.2) is 29.4 Å². The zero-order valence-electron chi connectivity index (χ0n) is 8.01. The molecule has 0 saturated carbocycles. The third-order valence-corrected chi connectivity index (χ3v) is 2.93. The van der Waals surface area contributed by atoms with Crippen LogP contribution in [0.5, 0.6) is 0 Å². The Bertz CT molecular complexity index is 442. The number of imide groups is 1. The lowest BCUT2D eigenvalue weighted by molar-refractivity contribution is -0.121.